The lowest BCUT2D eigenvalue weighted by molar-refractivity contribution is 0.0699. The van der Waals surface area contributed by atoms with Crippen LogP contribution in [0.2, 0.25) is 0 Å². The minimum Gasteiger partial charge on any atom is -0.336 e. The molecule has 0 atom stereocenters. The van der Waals surface area contributed by atoms with Gasteiger partial charge in [-0.05, 0) is 55.9 Å². The Bertz CT molecular complexity index is 1400. The lowest BCUT2D eigenvalue weighted by Gasteiger charge is -2.35. The Kier molecular flexibility index (Phi) is 6.30. The van der Waals surface area contributed by atoms with Crippen molar-refractivity contribution in [1.29, 1.82) is 0 Å². The van der Waals surface area contributed by atoms with Gasteiger partial charge in [-0.3, -0.25) is 9.48 Å². The van der Waals surface area contributed by atoms with Crippen LogP contribution in [0, 0.1) is 27.7 Å². The average Bonchev–Trinajstić information content (AvgIpc) is 3.04. The second-order valence-electron chi connectivity index (χ2n) is 10.6. The lowest BCUT2D eigenvalue weighted by atomic mass is 9.85. The van der Waals surface area contributed by atoms with Crippen molar-refractivity contribution >= 4 is 27.0 Å². The summed E-state index contributed by atoms with van der Waals surface area (Å²) in [5.74, 6) is -0.115. The number of carbonyl (C=O) groups is 1. The number of hydrogen-bond acceptors (Lipinski definition) is 5. The monoisotopic (exact) mass is 497 g/mol. The van der Waals surface area contributed by atoms with E-state index in [9.17, 15) is 13.2 Å². The molecule has 9 heteroatoms. The molecule has 8 nitrogen and oxygen atoms in total. The summed E-state index contributed by atoms with van der Waals surface area (Å²) in [4.78, 5) is 20.1. The van der Waals surface area contributed by atoms with Crippen LogP contribution in [-0.4, -0.2) is 64.5 Å². The number of aromatic nitrogens is 3. The highest BCUT2D eigenvalue weighted by Crippen LogP contribution is 2.31. The molecule has 1 amide bonds. The van der Waals surface area contributed by atoms with E-state index >= 15 is 0 Å². The molecule has 1 aromatic carbocycles. The molecule has 0 N–H and O–H groups in total. The van der Waals surface area contributed by atoms with Gasteiger partial charge in [-0.1, -0.05) is 32.9 Å². The fraction of sp³-hybridized carbons (Fsp3) is 0.500. The van der Waals surface area contributed by atoms with Gasteiger partial charge in [0.2, 0.25) is 10.0 Å². The fourth-order valence-corrected chi connectivity index (χ4v) is 6.79. The number of pyridine rings is 1. The Balaban J connectivity index is 1.58. The first-order valence-corrected chi connectivity index (χ1v) is 13.4. The highest BCUT2D eigenvalue weighted by Gasteiger charge is 2.33. The van der Waals surface area contributed by atoms with Gasteiger partial charge in [0, 0.05) is 38.9 Å². The first kappa shape index (κ1) is 25.3. The Morgan fingerprint density at radius 3 is 2.06 bits per heavy atom. The van der Waals surface area contributed by atoms with Crippen molar-refractivity contribution in [2.45, 2.75) is 58.8 Å². The number of piperazine rings is 1. The molecule has 1 saturated heterocycles. The normalized spacial score (nSPS) is 15.7. The molecular weight excluding hydrogens is 462 g/mol. The van der Waals surface area contributed by atoms with Crippen LogP contribution in [-0.2, 0) is 22.5 Å². The predicted molar refractivity (Wildman–Crippen MR) is 137 cm³/mol. The lowest BCUT2D eigenvalue weighted by Crippen LogP contribution is -2.50. The summed E-state index contributed by atoms with van der Waals surface area (Å²) >= 11 is 0. The van der Waals surface area contributed by atoms with E-state index in [0.29, 0.717) is 29.2 Å². The molecule has 35 heavy (non-hydrogen) atoms. The topological polar surface area (TPSA) is 88.4 Å². The van der Waals surface area contributed by atoms with Crippen LogP contribution in [0.25, 0.3) is 11.0 Å². The van der Waals surface area contributed by atoms with Crippen LogP contribution in [0.3, 0.4) is 0 Å². The number of nitrogens with zero attached hydrogens (tertiary/aromatic N) is 5. The molecule has 0 unspecified atom stereocenters. The van der Waals surface area contributed by atoms with Gasteiger partial charge >= 0.3 is 0 Å². The molecule has 2 aromatic heterocycles. The van der Waals surface area contributed by atoms with Gasteiger partial charge in [0.1, 0.15) is 0 Å². The molecule has 0 spiro atoms. The Morgan fingerprint density at radius 1 is 0.943 bits per heavy atom. The van der Waals surface area contributed by atoms with Gasteiger partial charge in [-0.25, -0.2) is 13.4 Å². The van der Waals surface area contributed by atoms with Crippen molar-refractivity contribution in [3.8, 4) is 0 Å². The Morgan fingerprint density at radius 2 is 1.51 bits per heavy atom. The minimum atomic E-state index is -3.67. The molecule has 188 valence electrons. The van der Waals surface area contributed by atoms with E-state index in [2.05, 4.69) is 30.9 Å². The molecule has 1 aliphatic rings. The van der Waals surface area contributed by atoms with E-state index in [1.807, 2.05) is 46.9 Å². The molecule has 3 aromatic rings. The van der Waals surface area contributed by atoms with Crippen molar-refractivity contribution in [2.75, 3.05) is 26.2 Å². The number of benzene rings is 1. The number of sulfonamides is 1. The minimum absolute atomic E-state index is 0.0623. The first-order chi connectivity index (χ1) is 16.2. The second-order valence-corrected chi connectivity index (χ2v) is 12.5. The molecule has 0 aliphatic carbocycles. The van der Waals surface area contributed by atoms with Crippen LogP contribution in [0.15, 0.2) is 23.1 Å². The largest absolute Gasteiger partial charge is 0.336 e. The van der Waals surface area contributed by atoms with E-state index in [0.717, 1.165) is 33.5 Å². The van der Waals surface area contributed by atoms with Crippen molar-refractivity contribution in [2.24, 2.45) is 7.05 Å². The maximum atomic E-state index is 13.6. The van der Waals surface area contributed by atoms with Gasteiger partial charge in [0.05, 0.1) is 21.5 Å². The van der Waals surface area contributed by atoms with Crippen molar-refractivity contribution in [1.82, 2.24) is 24.0 Å². The van der Waals surface area contributed by atoms with E-state index in [1.165, 1.54) is 4.31 Å². The summed E-state index contributed by atoms with van der Waals surface area (Å²) < 4.78 is 30.4. The van der Waals surface area contributed by atoms with Crippen LogP contribution in [0.5, 0.6) is 0 Å². The molecule has 1 aliphatic heterocycles. The molecule has 4 rings (SSSR count). The third kappa shape index (κ3) is 4.47. The molecule has 0 bridgehead atoms. The van der Waals surface area contributed by atoms with Gasteiger partial charge in [-0.15, -0.1) is 0 Å². The third-order valence-corrected chi connectivity index (χ3v) is 8.98. The summed E-state index contributed by atoms with van der Waals surface area (Å²) in [5, 5.41) is 5.18. The SMILES string of the molecule is Cc1cc(C(=O)N2CCN(S(=O)(=O)c3c(C)cc(C(C)(C)C)cc3C)CC2)c2c(C)nn(C)c2n1. The van der Waals surface area contributed by atoms with Gasteiger partial charge in [0.15, 0.2) is 5.65 Å². The summed E-state index contributed by atoms with van der Waals surface area (Å²) in [6, 6.07) is 5.76. The molecule has 1 fully saturated rings. The highest BCUT2D eigenvalue weighted by atomic mass is 32.2. The second kappa shape index (κ2) is 8.71. The van der Waals surface area contributed by atoms with Crippen LogP contribution < -0.4 is 0 Å². The fourth-order valence-electron chi connectivity index (χ4n) is 4.96. The first-order valence-electron chi connectivity index (χ1n) is 11.9. The van der Waals surface area contributed by atoms with E-state index in [4.69, 9.17) is 0 Å². The number of amides is 1. The van der Waals surface area contributed by atoms with Crippen LogP contribution >= 0.6 is 0 Å². The number of fused-ring (bicyclic) bond motifs is 1. The van der Waals surface area contributed by atoms with Gasteiger partial charge in [-0.2, -0.15) is 9.40 Å². The Hall–Kier alpha value is -2.78. The maximum Gasteiger partial charge on any atom is 0.254 e. The highest BCUT2D eigenvalue weighted by molar-refractivity contribution is 7.89. The van der Waals surface area contributed by atoms with Gasteiger partial charge in [0.25, 0.3) is 5.91 Å². The van der Waals surface area contributed by atoms with Crippen LogP contribution in [0.1, 0.15) is 59.2 Å². The average molecular weight is 498 g/mol. The van der Waals surface area contributed by atoms with Crippen molar-refractivity contribution in [3.05, 3.63) is 51.8 Å². The van der Waals surface area contributed by atoms with Crippen molar-refractivity contribution < 1.29 is 13.2 Å². The number of hydrogen-bond donors (Lipinski definition) is 0. The molecular formula is C26H35N5O3S. The van der Waals surface area contributed by atoms with Gasteiger partial charge < -0.3 is 4.90 Å². The summed E-state index contributed by atoms with van der Waals surface area (Å²) in [6.07, 6.45) is 0. The molecule has 3 heterocycles. The predicted octanol–water partition coefficient (Wildman–Crippen LogP) is 3.65. The number of rotatable bonds is 3. The number of aryl methyl sites for hydroxylation is 5. The third-order valence-electron chi connectivity index (χ3n) is 6.78. The zero-order chi connectivity index (χ0) is 25.9. The molecule has 0 saturated carbocycles. The zero-order valence-corrected chi connectivity index (χ0v) is 22.7. The summed E-state index contributed by atoms with van der Waals surface area (Å²) in [6.45, 7) is 15.0. The van der Waals surface area contributed by atoms with E-state index < -0.39 is 10.0 Å². The molecule has 0 radical (unpaired) electrons. The number of carbonyl (C=O) groups excluding carboxylic acids is 1. The smallest absolute Gasteiger partial charge is 0.254 e. The van der Waals surface area contributed by atoms with E-state index in [1.54, 1.807) is 15.6 Å². The maximum absolute atomic E-state index is 13.6. The Labute approximate surface area is 208 Å². The zero-order valence-electron chi connectivity index (χ0n) is 21.9. The van der Waals surface area contributed by atoms with Crippen molar-refractivity contribution in [3.63, 3.8) is 0 Å². The quantitative estimate of drug-likeness (QED) is 0.551. The summed E-state index contributed by atoms with van der Waals surface area (Å²) in [7, 11) is -1.86. The van der Waals surface area contributed by atoms with E-state index in [-0.39, 0.29) is 24.4 Å². The van der Waals surface area contributed by atoms with Crippen LogP contribution in [0.4, 0.5) is 0 Å². The summed E-state index contributed by atoms with van der Waals surface area (Å²) in [5.41, 5.74) is 5.32. The standard InChI is InChI=1S/C26H35N5O3S/c1-16-13-20(26(5,6)7)14-17(2)23(16)35(33,34)31-11-9-30(10-12-31)25(32)21-15-18(3)27-24-22(21)19(4)28-29(24)8/h13-15H,9-12H2,1-8H3.